The van der Waals surface area contributed by atoms with Crippen molar-refractivity contribution in [2.45, 2.75) is 62.4 Å². The lowest BCUT2D eigenvalue weighted by atomic mass is 9.54. The lowest BCUT2D eigenvalue weighted by Gasteiger charge is -2.58. The number of hydrogen-bond donors (Lipinski definition) is 1. The van der Waals surface area contributed by atoms with Gasteiger partial charge in [-0.2, -0.15) is 13.2 Å². The summed E-state index contributed by atoms with van der Waals surface area (Å²) in [5.41, 5.74) is -4.10. The van der Waals surface area contributed by atoms with Gasteiger partial charge in [0, 0.05) is 54.9 Å². The van der Waals surface area contributed by atoms with Crippen LogP contribution in [0.1, 0.15) is 44.1 Å². The number of nitrogens with zero attached hydrogens (tertiary/aromatic N) is 1. The summed E-state index contributed by atoms with van der Waals surface area (Å²) in [6, 6.07) is 6.82. The van der Waals surface area contributed by atoms with E-state index in [1.54, 1.807) is 6.07 Å². The van der Waals surface area contributed by atoms with Crippen LogP contribution in [-0.4, -0.2) is 66.9 Å². The SMILES string of the molecule is CO[C@](C(=O)O[C@H]1[C@@H](CO)C[C@@H]2N3CCC[C@@H]4C(=O)C[C@H]1[C@@]42CCC3)(c1ccccc1)C(F)(F)F. The number of methoxy groups -OCH3 is 1. The zero-order valence-corrected chi connectivity index (χ0v) is 19.8. The van der Waals surface area contributed by atoms with Crippen molar-refractivity contribution in [1.29, 1.82) is 0 Å². The number of hydrogen-bond acceptors (Lipinski definition) is 6. The monoisotopic (exact) mass is 495 g/mol. The predicted octanol–water partition coefficient (Wildman–Crippen LogP) is 3.46. The van der Waals surface area contributed by atoms with Crippen molar-refractivity contribution in [3.05, 3.63) is 35.9 Å². The first-order valence-corrected chi connectivity index (χ1v) is 12.5. The van der Waals surface area contributed by atoms with Crippen LogP contribution < -0.4 is 0 Å². The molecule has 2 heterocycles. The topological polar surface area (TPSA) is 76.1 Å². The van der Waals surface area contributed by atoms with Gasteiger partial charge in [0.15, 0.2) is 0 Å². The molecule has 1 aromatic carbocycles. The Labute approximate surface area is 202 Å². The summed E-state index contributed by atoms with van der Waals surface area (Å²) >= 11 is 0. The fourth-order valence-electron chi connectivity index (χ4n) is 7.88. The van der Waals surface area contributed by atoms with Crippen LogP contribution in [0, 0.1) is 23.2 Å². The first kappa shape index (κ1) is 24.7. The van der Waals surface area contributed by atoms with Gasteiger partial charge in [0.05, 0.1) is 0 Å². The quantitative estimate of drug-likeness (QED) is 0.631. The number of carbonyl (C=O) groups excluding carboxylic acids is 2. The number of esters is 1. The number of alkyl halides is 3. The molecule has 0 amide bonds. The smallest absolute Gasteiger partial charge is 0.432 e. The minimum atomic E-state index is -5.08. The molecule has 1 spiro atoms. The van der Waals surface area contributed by atoms with Gasteiger partial charge >= 0.3 is 12.1 Å². The van der Waals surface area contributed by atoms with Crippen molar-refractivity contribution in [2.75, 3.05) is 26.8 Å². The summed E-state index contributed by atoms with van der Waals surface area (Å²) < 4.78 is 54.1. The summed E-state index contributed by atoms with van der Waals surface area (Å²) in [6.07, 6.45) is -2.08. The van der Waals surface area contributed by atoms with E-state index in [2.05, 4.69) is 4.90 Å². The van der Waals surface area contributed by atoms with Crippen LogP contribution in [0.3, 0.4) is 0 Å². The maximum atomic E-state index is 14.5. The van der Waals surface area contributed by atoms with Gasteiger partial charge in [0.1, 0.15) is 11.9 Å². The van der Waals surface area contributed by atoms with Gasteiger partial charge in [-0.25, -0.2) is 4.79 Å². The normalized spacial score (nSPS) is 38.3. The molecule has 5 rings (SSSR count). The van der Waals surface area contributed by atoms with E-state index in [4.69, 9.17) is 9.47 Å². The van der Waals surface area contributed by atoms with E-state index in [1.165, 1.54) is 24.3 Å². The summed E-state index contributed by atoms with van der Waals surface area (Å²) in [7, 11) is 0.848. The second-order valence-corrected chi connectivity index (χ2v) is 10.5. The number of rotatable bonds is 5. The summed E-state index contributed by atoms with van der Waals surface area (Å²) in [5.74, 6) is -2.58. The largest absolute Gasteiger partial charge is 0.459 e. The molecule has 1 aromatic rings. The Balaban J connectivity index is 1.55. The number of Topliss-reactive ketones (excluding diaryl/α,β-unsaturated/α-hetero) is 1. The Kier molecular flexibility index (Phi) is 6.25. The lowest BCUT2D eigenvalue weighted by molar-refractivity contribution is -0.282. The fourth-order valence-corrected chi connectivity index (χ4v) is 7.88. The molecule has 9 heteroatoms. The zero-order valence-electron chi connectivity index (χ0n) is 19.8. The van der Waals surface area contributed by atoms with E-state index in [0.29, 0.717) is 6.42 Å². The number of aliphatic hydroxyl groups excluding tert-OH is 1. The van der Waals surface area contributed by atoms with Gasteiger partial charge in [-0.3, -0.25) is 9.69 Å². The van der Waals surface area contributed by atoms with Crippen LogP contribution in [0.2, 0.25) is 0 Å². The molecule has 8 atom stereocenters. The van der Waals surface area contributed by atoms with E-state index < -0.39 is 41.1 Å². The maximum Gasteiger partial charge on any atom is 0.432 e. The van der Waals surface area contributed by atoms with Crippen LogP contribution >= 0.6 is 0 Å². The molecular weight excluding hydrogens is 463 g/mol. The molecule has 2 saturated carbocycles. The van der Waals surface area contributed by atoms with E-state index in [-0.39, 0.29) is 36.3 Å². The average molecular weight is 496 g/mol. The van der Waals surface area contributed by atoms with Gasteiger partial charge in [0.25, 0.3) is 5.60 Å². The number of benzene rings is 1. The predicted molar refractivity (Wildman–Crippen MR) is 119 cm³/mol. The number of carbonyl (C=O) groups is 2. The van der Waals surface area contributed by atoms with Gasteiger partial charge in [-0.05, 0) is 45.2 Å². The van der Waals surface area contributed by atoms with Crippen LogP contribution in [0.4, 0.5) is 13.2 Å². The zero-order chi connectivity index (χ0) is 25.0. The molecule has 0 radical (unpaired) electrons. The van der Waals surface area contributed by atoms with E-state index in [1.807, 2.05) is 0 Å². The molecule has 192 valence electrons. The molecule has 2 aliphatic heterocycles. The number of aliphatic hydroxyl groups is 1. The molecule has 4 aliphatic rings. The third-order valence-corrected chi connectivity index (χ3v) is 9.24. The maximum absolute atomic E-state index is 14.5. The molecule has 2 bridgehead atoms. The highest BCUT2D eigenvalue weighted by atomic mass is 19.4. The standard InChI is InChI=1S/C26H32F3NO5/c1-34-25(26(27,28)29,17-7-3-2-4-8-17)23(33)35-22-16(15-31)13-21-24-10-6-12-30(21)11-5-9-18(24)20(32)14-19(22)24/h2-4,7-8,16,18-19,21-22,31H,5-6,9-15H2,1H3/t16-,18-,19-,21+,22+,24-,25+/m1/s1. The first-order valence-electron chi connectivity index (χ1n) is 12.5. The van der Waals surface area contributed by atoms with Crippen molar-refractivity contribution < 1.29 is 37.3 Å². The second-order valence-electron chi connectivity index (χ2n) is 10.5. The van der Waals surface area contributed by atoms with Crippen molar-refractivity contribution in [3.63, 3.8) is 0 Å². The Morgan fingerprint density at radius 3 is 2.57 bits per heavy atom. The van der Waals surface area contributed by atoms with Gasteiger partial charge in [-0.15, -0.1) is 0 Å². The number of ketones is 1. The van der Waals surface area contributed by atoms with E-state index in [0.717, 1.165) is 45.9 Å². The number of ether oxygens (including phenoxy) is 2. The first-order chi connectivity index (χ1) is 16.7. The number of halogens is 3. The molecule has 1 N–H and O–H groups in total. The van der Waals surface area contributed by atoms with Crippen molar-refractivity contribution in [3.8, 4) is 0 Å². The van der Waals surface area contributed by atoms with Gasteiger partial charge in [0.2, 0.25) is 0 Å². The highest BCUT2D eigenvalue weighted by molar-refractivity contribution is 5.86. The second kappa shape index (κ2) is 8.85. The molecule has 2 aliphatic carbocycles. The van der Waals surface area contributed by atoms with Crippen molar-refractivity contribution in [2.24, 2.45) is 23.2 Å². The number of piperidine rings is 1. The summed E-state index contributed by atoms with van der Waals surface area (Å²) in [4.78, 5) is 29.1. The van der Waals surface area contributed by atoms with Crippen molar-refractivity contribution in [1.82, 2.24) is 4.90 Å². The highest BCUT2D eigenvalue weighted by Gasteiger charge is 2.69. The fraction of sp³-hybridized carbons (Fsp3) is 0.692. The Bertz CT molecular complexity index is 971. The van der Waals surface area contributed by atoms with E-state index >= 15 is 0 Å². The molecule has 4 fully saturated rings. The van der Waals surface area contributed by atoms with Crippen LogP contribution in [0.25, 0.3) is 0 Å². The molecule has 2 saturated heterocycles. The van der Waals surface area contributed by atoms with Crippen molar-refractivity contribution >= 4 is 11.8 Å². The Morgan fingerprint density at radius 2 is 1.91 bits per heavy atom. The molecule has 35 heavy (non-hydrogen) atoms. The van der Waals surface area contributed by atoms with Gasteiger partial charge < -0.3 is 14.6 Å². The molecule has 0 aromatic heterocycles. The summed E-state index contributed by atoms with van der Waals surface area (Å²) in [6.45, 7) is 1.46. The molecular formula is C26H32F3NO5. The minimum absolute atomic E-state index is 0.0659. The third-order valence-electron chi connectivity index (χ3n) is 9.24. The minimum Gasteiger partial charge on any atom is -0.459 e. The van der Waals surface area contributed by atoms with Gasteiger partial charge in [-0.1, -0.05) is 30.3 Å². The average Bonchev–Trinajstić information content (AvgIpc) is 3.06. The van der Waals surface area contributed by atoms with Crippen LogP contribution in [0.15, 0.2) is 30.3 Å². The Morgan fingerprint density at radius 1 is 1.20 bits per heavy atom. The third kappa shape index (κ3) is 3.49. The molecule has 6 nitrogen and oxygen atoms in total. The summed E-state index contributed by atoms with van der Waals surface area (Å²) in [5, 5.41) is 10.3. The van der Waals surface area contributed by atoms with Crippen LogP contribution in [-0.2, 0) is 24.7 Å². The van der Waals surface area contributed by atoms with Crippen LogP contribution in [0.5, 0.6) is 0 Å². The lowest BCUT2D eigenvalue weighted by Crippen LogP contribution is -2.64. The van der Waals surface area contributed by atoms with E-state index in [9.17, 15) is 27.9 Å². The Hall–Kier alpha value is -1.97. The highest BCUT2D eigenvalue weighted by Crippen LogP contribution is 2.63. The molecule has 1 unspecified atom stereocenters.